The molecular formula is C25H22Cl2N4O3. The summed E-state index contributed by atoms with van der Waals surface area (Å²) in [5, 5.41) is 18.2. The van der Waals surface area contributed by atoms with Crippen LogP contribution in [0.5, 0.6) is 5.75 Å². The summed E-state index contributed by atoms with van der Waals surface area (Å²) in [6.07, 6.45) is 5.34. The van der Waals surface area contributed by atoms with Crippen LogP contribution in [-0.4, -0.2) is 44.2 Å². The third kappa shape index (κ3) is 4.46. The van der Waals surface area contributed by atoms with E-state index in [2.05, 4.69) is 15.2 Å². The first-order valence-electron chi connectivity index (χ1n) is 10.9. The molecule has 0 saturated heterocycles. The molecule has 7 nitrogen and oxygen atoms in total. The van der Waals surface area contributed by atoms with Crippen molar-refractivity contribution in [2.45, 2.75) is 32.1 Å². The molecule has 9 heteroatoms. The molecule has 1 aliphatic rings. The summed E-state index contributed by atoms with van der Waals surface area (Å²) < 4.78 is 6.15. The molecular weight excluding hydrogens is 475 g/mol. The number of nitrogens with one attached hydrogen (secondary N) is 1. The van der Waals surface area contributed by atoms with Crippen molar-refractivity contribution in [3.8, 4) is 16.9 Å². The van der Waals surface area contributed by atoms with Crippen LogP contribution in [0.1, 0.15) is 34.5 Å². The van der Waals surface area contributed by atoms with Gasteiger partial charge in [0.15, 0.2) is 0 Å². The molecule has 0 unspecified atom stereocenters. The number of hydrogen-bond donors (Lipinski definition) is 2. The number of aliphatic hydroxyl groups is 1. The first-order chi connectivity index (χ1) is 16.4. The zero-order chi connectivity index (χ0) is 23.8. The Morgan fingerprint density at radius 2 is 2.06 bits per heavy atom. The molecule has 1 saturated carbocycles. The fourth-order valence-electron chi connectivity index (χ4n) is 3.92. The first kappa shape index (κ1) is 22.7. The molecule has 0 bridgehead atoms. The maximum atomic E-state index is 13.4. The van der Waals surface area contributed by atoms with Gasteiger partial charge in [0.25, 0.3) is 5.91 Å². The molecule has 0 aliphatic heterocycles. The second-order valence-electron chi connectivity index (χ2n) is 8.37. The van der Waals surface area contributed by atoms with Gasteiger partial charge in [-0.25, -0.2) is 0 Å². The molecule has 4 aromatic rings. The number of H-pyrrole nitrogens is 1. The minimum atomic E-state index is -0.209. The highest BCUT2D eigenvalue weighted by Gasteiger charge is 2.27. The number of carbonyl (C=O) groups excluding carboxylic acids is 1. The van der Waals surface area contributed by atoms with E-state index in [-0.39, 0.29) is 18.6 Å². The lowest BCUT2D eigenvalue weighted by Crippen LogP contribution is -2.26. The number of fused-ring (bicyclic) bond motifs is 1. The molecule has 0 radical (unpaired) electrons. The van der Waals surface area contributed by atoms with Crippen LogP contribution in [0.4, 0.5) is 0 Å². The Hall–Kier alpha value is -3.13. The number of carbonyl (C=O) groups is 1. The first-order valence-corrected chi connectivity index (χ1v) is 11.6. The summed E-state index contributed by atoms with van der Waals surface area (Å²) in [6.45, 7) is 0.106. The Kier molecular flexibility index (Phi) is 6.16. The second kappa shape index (κ2) is 9.25. The van der Waals surface area contributed by atoms with Crippen molar-refractivity contribution >= 4 is 40.0 Å². The van der Waals surface area contributed by atoms with Crippen molar-refractivity contribution in [1.82, 2.24) is 20.1 Å². The van der Waals surface area contributed by atoms with Crippen molar-refractivity contribution in [3.05, 3.63) is 75.7 Å². The van der Waals surface area contributed by atoms with E-state index >= 15 is 0 Å². The molecule has 1 amide bonds. The van der Waals surface area contributed by atoms with Gasteiger partial charge < -0.3 is 14.7 Å². The number of ether oxygens (including phenoxy) is 1. The monoisotopic (exact) mass is 496 g/mol. The maximum absolute atomic E-state index is 13.4. The van der Waals surface area contributed by atoms with Gasteiger partial charge in [-0.3, -0.25) is 14.9 Å². The number of pyridine rings is 1. The molecule has 2 aromatic carbocycles. The Labute approximate surface area is 206 Å². The third-order valence-corrected chi connectivity index (χ3v) is 6.32. The molecule has 2 N–H and O–H groups in total. The Morgan fingerprint density at radius 3 is 2.79 bits per heavy atom. The molecule has 1 fully saturated rings. The molecule has 2 aromatic heterocycles. The van der Waals surface area contributed by atoms with Crippen LogP contribution >= 0.6 is 23.2 Å². The number of amides is 1. The third-order valence-electron chi connectivity index (χ3n) is 5.78. The average Bonchev–Trinajstić information content (AvgIpc) is 3.49. The van der Waals surface area contributed by atoms with E-state index in [1.54, 1.807) is 42.5 Å². The minimum Gasteiger partial charge on any atom is -0.490 e. The number of nitrogens with zero attached hydrogens (tertiary/aromatic N) is 3. The lowest BCUT2D eigenvalue weighted by atomic mass is 10.0. The largest absolute Gasteiger partial charge is 0.490 e. The van der Waals surface area contributed by atoms with E-state index in [1.165, 1.54) is 0 Å². The number of halogens is 2. The van der Waals surface area contributed by atoms with E-state index < -0.39 is 0 Å². The molecule has 0 atom stereocenters. The minimum absolute atomic E-state index is 0.127. The highest BCUT2D eigenvalue weighted by Crippen LogP contribution is 2.41. The number of hydrogen-bond acceptors (Lipinski definition) is 5. The summed E-state index contributed by atoms with van der Waals surface area (Å²) in [4.78, 5) is 19.2. The van der Waals surface area contributed by atoms with Gasteiger partial charge in [-0.15, -0.1) is 0 Å². The van der Waals surface area contributed by atoms with Gasteiger partial charge in [-0.2, -0.15) is 5.10 Å². The van der Waals surface area contributed by atoms with Gasteiger partial charge in [0, 0.05) is 46.9 Å². The van der Waals surface area contributed by atoms with Crippen molar-refractivity contribution in [3.63, 3.8) is 0 Å². The van der Waals surface area contributed by atoms with Crippen LogP contribution in [0.15, 0.2) is 48.8 Å². The van der Waals surface area contributed by atoms with Crippen LogP contribution in [0.3, 0.4) is 0 Å². The molecule has 5 rings (SSSR count). The van der Waals surface area contributed by atoms with Gasteiger partial charge in [0.05, 0.1) is 35.1 Å². The van der Waals surface area contributed by atoms with Crippen LogP contribution in [-0.2, 0) is 13.2 Å². The molecule has 2 heterocycles. The zero-order valence-corrected chi connectivity index (χ0v) is 19.9. The van der Waals surface area contributed by atoms with Gasteiger partial charge in [-0.1, -0.05) is 35.3 Å². The predicted octanol–water partition coefficient (Wildman–Crippen LogP) is 5.24. The smallest absolute Gasteiger partial charge is 0.254 e. The van der Waals surface area contributed by atoms with Gasteiger partial charge in [-0.05, 0) is 42.7 Å². The highest BCUT2D eigenvalue weighted by molar-refractivity contribution is 6.34. The standard InChI is InChI=1S/C25H22Cl2N4O3/c1-31(12-16-10-28-21(13-32)19-11-29-30-24(16)19)25(33)15-8-20(27)23(14-3-2-4-17(26)7-14)22(9-15)34-18-5-6-18/h2-4,7-11,18,32H,5-6,12-13H2,1H3,(H,29,30). The highest BCUT2D eigenvalue weighted by atomic mass is 35.5. The van der Waals surface area contributed by atoms with Crippen molar-refractivity contribution in [2.24, 2.45) is 0 Å². The van der Waals surface area contributed by atoms with Crippen LogP contribution < -0.4 is 4.74 Å². The van der Waals surface area contributed by atoms with Crippen molar-refractivity contribution < 1.29 is 14.6 Å². The van der Waals surface area contributed by atoms with E-state index in [0.717, 1.165) is 40.4 Å². The summed E-state index contributed by atoms with van der Waals surface area (Å²) in [7, 11) is 1.71. The van der Waals surface area contributed by atoms with Crippen molar-refractivity contribution in [1.29, 1.82) is 0 Å². The summed E-state index contributed by atoms with van der Waals surface area (Å²) in [6, 6.07) is 10.8. The summed E-state index contributed by atoms with van der Waals surface area (Å²) in [5.41, 5.74) is 4.04. The fraction of sp³-hybridized carbons (Fsp3) is 0.240. The van der Waals surface area contributed by atoms with E-state index in [0.29, 0.717) is 33.6 Å². The Bertz CT molecular complexity index is 1380. The Balaban J connectivity index is 1.47. The maximum Gasteiger partial charge on any atom is 0.254 e. The summed E-state index contributed by atoms with van der Waals surface area (Å²) >= 11 is 12.9. The second-order valence-corrected chi connectivity index (χ2v) is 9.21. The average molecular weight is 497 g/mol. The predicted molar refractivity (Wildman–Crippen MR) is 131 cm³/mol. The van der Waals surface area contributed by atoms with E-state index in [1.807, 2.05) is 18.2 Å². The number of aliphatic hydroxyl groups excluding tert-OH is 1. The van der Waals surface area contributed by atoms with Gasteiger partial charge in [0.2, 0.25) is 0 Å². The lowest BCUT2D eigenvalue weighted by molar-refractivity contribution is 0.0785. The van der Waals surface area contributed by atoms with Crippen LogP contribution in [0, 0.1) is 0 Å². The fourth-order valence-corrected chi connectivity index (χ4v) is 4.43. The quantitative estimate of drug-likeness (QED) is 0.365. The van der Waals surface area contributed by atoms with Gasteiger partial charge in [0.1, 0.15) is 5.75 Å². The zero-order valence-electron chi connectivity index (χ0n) is 18.4. The van der Waals surface area contributed by atoms with Crippen molar-refractivity contribution in [2.75, 3.05) is 7.05 Å². The number of aromatic nitrogens is 3. The molecule has 1 aliphatic carbocycles. The van der Waals surface area contributed by atoms with Crippen LogP contribution in [0.2, 0.25) is 10.0 Å². The molecule has 0 spiro atoms. The number of aromatic amines is 1. The Morgan fingerprint density at radius 1 is 1.24 bits per heavy atom. The molecule has 174 valence electrons. The van der Waals surface area contributed by atoms with Gasteiger partial charge >= 0.3 is 0 Å². The lowest BCUT2D eigenvalue weighted by Gasteiger charge is -2.20. The normalized spacial score (nSPS) is 13.3. The topological polar surface area (TPSA) is 91.3 Å². The SMILES string of the molecule is CN(Cc1cnc(CO)c2cn[nH]c12)C(=O)c1cc(Cl)c(-c2cccc(Cl)c2)c(OC2CC2)c1. The summed E-state index contributed by atoms with van der Waals surface area (Å²) in [5.74, 6) is 0.359. The number of benzene rings is 2. The van der Waals surface area contributed by atoms with E-state index in [9.17, 15) is 9.90 Å². The number of rotatable bonds is 7. The molecule has 34 heavy (non-hydrogen) atoms. The van der Waals surface area contributed by atoms with E-state index in [4.69, 9.17) is 27.9 Å². The van der Waals surface area contributed by atoms with Crippen LogP contribution in [0.25, 0.3) is 22.0 Å².